The smallest absolute Gasteiger partial charge is 0.143 e. The summed E-state index contributed by atoms with van der Waals surface area (Å²) in [5, 5.41) is 4.56. The molecule has 2 nitrogen and oxygen atoms in total. The molecular formula is C75H55NO. The van der Waals surface area contributed by atoms with E-state index in [0.717, 1.165) is 67.3 Å². The van der Waals surface area contributed by atoms with Gasteiger partial charge in [0.15, 0.2) is 0 Å². The van der Waals surface area contributed by atoms with Crippen molar-refractivity contribution in [1.82, 2.24) is 0 Å². The topological polar surface area (TPSA) is 16.4 Å². The van der Waals surface area contributed by atoms with E-state index < -0.39 is 5.41 Å². The molecule has 0 radical (unpaired) electrons. The van der Waals surface area contributed by atoms with Crippen molar-refractivity contribution in [2.24, 2.45) is 23.7 Å². The van der Waals surface area contributed by atoms with E-state index in [1.165, 1.54) is 93.1 Å². The van der Waals surface area contributed by atoms with Gasteiger partial charge in [0.25, 0.3) is 0 Å². The minimum Gasteiger partial charge on any atom is -0.455 e. The Bertz CT molecular complexity index is 4300. The van der Waals surface area contributed by atoms with Gasteiger partial charge in [0.2, 0.25) is 0 Å². The molecule has 2 heteroatoms. The summed E-state index contributed by atoms with van der Waals surface area (Å²) in [5.41, 5.74) is 23.1. The Morgan fingerprint density at radius 1 is 0.364 bits per heavy atom. The zero-order valence-electron chi connectivity index (χ0n) is 42.9. The van der Waals surface area contributed by atoms with Crippen molar-refractivity contribution >= 4 is 49.8 Å². The lowest BCUT2D eigenvalue weighted by Crippen LogP contribution is -2.55. The molecule has 4 saturated carbocycles. The maximum Gasteiger partial charge on any atom is 0.143 e. The molecule has 77 heavy (non-hydrogen) atoms. The van der Waals surface area contributed by atoms with Crippen molar-refractivity contribution < 1.29 is 4.42 Å². The molecule has 0 unspecified atom stereocenters. The van der Waals surface area contributed by atoms with Gasteiger partial charge in [0.05, 0.1) is 16.8 Å². The summed E-state index contributed by atoms with van der Waals surface area (Å²) in [6.07, 6.45) is 6.87. The van der Waals surface area contributed by atoms with E-state index >= 15 is 0 Å². The number of fused-ring (bicyclic) bond motifs is 11. The summed E-state index contributed by atoms with van der Waals surface area (Å²) in [6, 6.07) is 94.0. The lowest BCUT2D eigenvalue weighted by Gasteiger charge is -2.61. The molecule has 0 aliphatic heterocycles. The summed E-state index contributed by atoms with van der Waals surface area (Å²) in [7, 11) is 0. The van der Waals surface area contributed by atoms with E-state index in [1.54, 1.807) is 11.1 Å². The number of hydrogen-bond donors (Lipinski definition) is 0. The third-order valence-corrected chi connectivity index (χ3v) is 19.5. The standard InChI is InChI=1S/C75H55NO/c1-3-20-50(21-4-1)74(51-22-5-2-6-23-51)64-31-13-9-25-56(64)57-40-38-54(46-67(57)74)76(69-35-16-12-27-59(69)61-30-18-36-70-72(61)63-39-37-49-19-7-8-24-55(49)73(63)77-70)68-34-15-11-26-58(68)60-29-17-33-66-71(60)62-28-10-14-32-65(62)75(66)52-42-47-41-48(44-52)45-53(75)43-47/h1-40,46-48,52-53H,41-45H2. The van der Waals surface area contributed by atoms with Crippen LogP contribution in [0.15, 0.2) is 253 Å². The molecule has 366 valence electrons. The van der Waals surface area contributed by atoms with Crippen LogP contribution in [0.4, 0.5) is 17.1 Å². The summed E-state index contributed by atoms with van der Waals surface area (Å²) in [4.78, 5) is 2.60. The van der Waals surface area contributed by atoms with Crippen molar-refractivity contribution in [2.75, 3.05) is 4.90 Å². The molecule has 1 heterocycles. The minimum atomic E-state index is -0.573. The van der Waals surface area contributed by atoms with Gasteiger partial charge in [0.1, 0.15) is 11.2 Å². The fraction of sp³-hybridized carbons (Fsp3) is 0.147. The Labute approximate surface area is 449 Å². The van der Waals surface area contributed by atoms with Gasteiger partial charge in [-0.15, -0.1) is 0 Å². The van der Waals surface area contributed by atoms with Crippen LogP contribution in [0.3, 0.4) is 0 Å². The second-order valence-corrected chi connectivity index (χ2v) is 23.0. The van der Waals surface area contributed by atoms with Gasteiger partial charge >= 0.3 is 0 Å². The van der Waals surface area contributed by atoms with E-state index in [9.17, 15) is 0 Å². The summed E-state index contributed by atoms with van der Waals surface area (Å²) in [6.45, 7) is 0. The monoisotopic (exact) mass is 985 g/mol. The van der Waals surface area contributed by atoms with Gasteiger partial charge in [-0.25, -0.2) is 0 Å². The van der Waals surface area contributed by atoms with Gasteiger partial charge in [-0.1, -0.05) is 212 Å². The van der Waals surface area contributed by atoms with E-state index in [-0.39, 0.29) is 5.41 Å². The van der Waals surface area contributed by atoms with Gasteiger partial charge in [-0.05, 0) is 164 Å². The first-order valence-electron chi connectivity index (χ1n) is 28.1. The highest BCUT2D eigenvalue weighted by Gasteiger charge is 2.62. The molecular weight excluding hydrogens is 931 g/mol. The molecule has 0 N–H and O–H groups in total. The van der Waals surface area contributed by atoms with Crippen LogP contribution in [0.2, 0.25) is 0 Å². The highest BCUT2D eigenvalue weighted by molar-refractivity contribution is 6.20. The molecule has 0 atom stereocenters. The van der Waals surface area contributed by atoms with Crippen molar-refractivity contribution in [1.29, 1.82) is 0 Å². The highest BCUT2D eigenvalue weighted by atomic mass is 16.3. The normalized spacial score (nSPS) is 20.9. The van der Waals surface area contributed by atoms with Crippen LogP contribution in [-0.2, 0) is 10.8 Å². The number of rotatable bonds is 7. The minimum absolute atomic E-state index is 0.0567. The number of furan rings is 1. The van der Waals surface area contributed by atoms with Gasteiger partial charge in [-0.2, -0.15) is 0 Å². The molecule has 18 rings (SSSR count). The van der Waals surface area contributed by atoms with Crippen molar-refractivity contribution in [2.45, 2.75) is 42.9 Å². The van der Waals surface area contributed by atoms with Crippen molar-refractivity contribution in [3.05, 3.63) is 282 Å². The number of nitrogens with zero attached hydrogens (tertiary/aromatic N) is 1. The summed E-state index contributed by atoms with van der Waals surface area (Å²) < 4.78 is 6.90. The Balaban J connectivity index is 0.946. The Morgan fingerprint density at radius 2 is 0.909 bits per heavy atom. The maximum absolute atomic E-state index is 6.90. The fourth-order valence-corrected chi connectivity index (χ4v) is 17.0. The van der Waals surface area contributed by atoms with Crippen LogP contribution in [-0.4, -0.2) is 0 Å². The molecule has 0 amide bonds. The second-order valence-electron chi connectivity index (χ2n) is 23.0. The van der Waals surface area contributed by atoms with Crippen LogP contribution in [0.25, 0.3) is 77.2 Å². The molecule has 1 aromatic heterocycles. The molecule has 6 aliphatic carbocycles. The van der Waals surface area contributed by atoms with E-state index in [4.69, 9.17) is 4.42 Å². The van der Waals surface area contributed by atoms with Crippen molar-refractivity contribution in [3.8, 4) is 44.5 Å². The lowest BCUT2D eigenvalue weighted by molar-refractivity contribution is -0.0399. The number of hydrogen-bond acceptors (Lipinski definition) is 2. The zero-order chi connectivity index (χ0) is 50.4. The molecule has 0 saturated heterocycles. The first-order valence-corrected chi connectivity index (χ1v) is 28.1. The number of para-hydroxylation sites is 2. The predicted octanol–water partition coefficient (Wildman–Crippen LogP) is 19.6. The van der Waals surface area contributed by atoms with E-state index in [0.29, 0.717) is 11.8 Å². The SMILES string of the molecule is c1ccc(C2(c3ccccc3)c3ccccc3-c3ccc(N(c4ccccc4-c4cccc5c4-c4ccccc4C54C5CC6CC(C5)CC4C6)c4ccccc4-c4cccc5oc6c7ccccc7ccc6c45)cc32)cc1. The zero-order valence-corrected chi connectivity index (χ0v) is 42.9. The van der Waals surface area contributed by atoms with Crippen LogP contribution >= 0.6 is 0 Å². The molecule has 6 aliphatic rings. The van der Waals surface area contributed by atoms with E-state index in [1.807, 2.05) is 0 Å². The Hall–Kier alpha value is -8.72. The lowest BCUT2D eigenvalue weighted by atomic mass is 9.43. The Kier molecular flexibility index (Phi) is 9.26. The van der Waals surface area contributed by atoms with Crippen LogP contribution in [0, 0.1) is 23.7 Å². The highest BCUT2D eigenvalue weighted by Crippen LogP contribution is 2.70. The van der Waals surface area contributed by atoms with Crippen LogP contribution < -0.4 is 4.90 Å². The molecule has 1 spiro atoms. The quantitative estimate of drug-likeness (QED) is 0.158. The number of anilines is 3. The average molecular weight is 986 g/mol. The Morgan fingerprint density at radius 3 is 1.64 bits per heavy atom. The van der Waals surface area contributed by atoms with Crippen LogP contribution in [0.1, 0.15) is 65.5 Å². The largest absolute Gasteiger partial charge is 0.455 e. The van der Waals surface area contributed by atoms with Crippen LogP contribution in [0.5, 0.6) is 0 Å². The maximum atomic E-state index is 6.90. The average Bonchev–Trinajstić information content (AvgIpc) is 3.82. The summed E-state index contributed by atoms with van der Waals surface area (Å²) in [5.74, 6) is 3.12. The fourth-order valence-electron chi connectivity index (χ4n) is 17.0. The van der Waals surface area contributed by atoms with Gasteiger partial charge < -0.3 is 9.32 Å². The van der Waals surface area contributed by atoms with Gasteiger partial charge in [-0.3, -0.25) is 0 Å². The molecule has 11 aromatic carbocycles. The molecule has 4 bridgehead atoms. The first-order chi connectivity index (χ1) is 38.2. The first kappa shape index (κ1) is 43.5. The molecule has 12 aromatic rings. The third-order valence-electron chi connectivity index (χ3n) is 19.5. The third kappa shape index (κ3) is 5.91. The number of benzene rings is 11. The molecule has 4 fully saturated rings. The van der Waals surface area contributed by atoms with Gasteiger partial charge in [0, 0.05) is 38.4 Å². The second kappa shape index (κ2) is 16.4. The summed E-state index contributed by atoms with van der Waals surface area (Å²) >= 11 is 0. The van der Waals surface area contributed by atoms with E-state index in [2.05, 4.69) is 254 Å². The van der Waals surface area contributed by atoms with Crippen molar-refractivity contribution in [3.63, 3.8) is 0 Å². The predicted molar refractivity (Wildman–Crippen MR) is 317 cm³/mol.